The lowest BCUT2D eigenvalue weighted by molar-refractivity contribution is -0.121. The number of amides is 1. The van der Waals surface area contributed by atoms with Crippen LogP contribution in [-0.4, -0.2) is 11.7 Å². The van der Waals surface area contributed by atoms with Gasteiger partial charge in [0.25, 0.3) is 0 Å². The summed E-state index contributed by atoms with van der Waals surface area (Å²) in [6.45, 7) is 0. The van der Waals surface area contributed by atoms with Gasteiger partial charge in [-0.1, -0.05) is 72.3 Å². The maximum atomic E-state index is 12.5. The van der Waals surface area contributed by atoms with Gasteiger partial charge in [-0.2, -0.15) is 0 Å². The van der Waals surface area contributed by atoms with Gasteiger partial charge in [-0.05, 0) is 23.3 Å². The summed E-state index contributed by atoms with van der Waals surface area (Å²) >= 11 is 7.10. The summed E-state index contributed by atoms with van der Waals surface area (Å²) in [5, 5.41) is 3.05. The lowest BCUT2D eigenvalue weighted by Gasteiger charge is -2.20. The number of thiophene rings is 1. The molecular formula is C21H18ClNO2S. The Morgan fingerprint density at radius 3 is 1.92 bits per heavy atom. The molecule has 2 aromatic carbocycles. The molecule has 0 saturated heterocycles. The highest BCUT2D eigenvalue weighted by Gasteiger charge is 2.18. The monoisotopic (exact) mass is 383 g/mol. The quantitative estimate of drug-likeness (QED) is 0.565. The van der Waals surface area contributed by atoms with Gasteiger partial charge in [0.1, 0.15) is 0 Å². The number of nitrogens with one attached hydrogen (secondary N) is 1. The van der Waals surface area contributed by atoms with Crippen LogP contribution in [-0.2, 0) is 4.79 Å². The fourth-order valence-corrected chi connectivity index (χ4v) is 3.71. The van der Waals surface area contributed by atoms with Gasteiger partial charge in [0, 0.05) is 12.8 Å². The number of benzene rings is 2. The van der Waals surface area contributed by atoms with Crippen molar-refractivity contribution in [2.24, 2.45) is 0 Å². The van der Waals surface area contributed by atoms with Crippen molar-refractivity contribution in [1.82, 2.24) is 5.32 Å². The molecule has 1 amide bonds. The summed E-state index contributed by atoms with van der Waals surface area (Å²) in [6, 6.07) is 22.8. The van der Waals surface area contributed by atoms with Gasteiger partial charge in [0.2, 0.25) is 5.91 Å². The van der Waals surface area contributed by atoms with Crippen LogP contribution in [0.4, 0.5) is 0 Å². The summed E-state index contributed by atoms with van der Waals surface area (Å²) in [6.07, 6.45) is 0.309. The number of Topliss-reactive ketones (excluding diaryl/α,β-unsaturated/α-hetero) is 1. The van der Waals surface area contributed by atoms with Crippen molar-refractivity contribution in [3.63, 3.8) is 0 Å². The third-order valence-corrected chi connectivity index (χ3v) is 5.27. The van der Waals surface area contributed by atoms with Crippen LogP contribution in [0.2, 0.25) is 4.34 Å². The molecule has 132 valence electrons. The maximum absolute atomic E-state index is 12.5. The Morgan fingerprint density at radius 2 is 1.42 bits per heavy atom. The second kappa shape index (κ2) is 8.79. The van der Waals surface area contributed by atoms with Crippen molar-refractivity contribution in [2.75, 3.05) is 0 Å². The highest BCUT2D eigenvalue weighted by atomic mass is 35.5. The Kier molecular flexibility index (Phi) is 6.21. The van der Waals surface area contributed by atoms with E-state index in [1.165, 1.54) is 11.3 Å². The fraction of sp³-hybridized carbons (Fsp3) is 0.143. The molecular weight excluding hydrogens is 366 g/mol. The zero-order valence-corrected chi connectivity index (χ0v) is 15.6. The predicted molar refractivity (Wildman–Crippen MR) is 106 cm³/mol. The third-order valence-electron chi connectivity index (χ3n) is 4.00. The van der Waals surface area contributed by atoms with E-state index in [9.17, 15) is 9.59 Å². The first kappa shape index (κ1) is 18.4. The Labute approximate surface area is 161 Å². The van der Waals surface area contributed by atoms with Crippen LogP contribution < -0.4 is 5.32 Å². The number of hydrogen-bond acceptors (Lipinski definition) is 3. The van der Waals surface area contributed by atoms with E-state index in [0.29, 0.717) is 9.21 Å². The Hall–Kier alpha value is -2.43. The van der Waals surface area contributed by atoms with E-state index in [4.69, 9.17) is 11.6 Å². The molecule has 0 radical (unpaired) electrons. The predicted octanol–water partition coefficient (Wildman–Crippen LogP) is 5.27. The number of halogens is 1. The topological polar surface area (TPSA) is 46.2 Å². The van der Waals surface area contributed by atoms with Crippen molar-refractivity contribution in [1.29, 1.82) is 0 Å². The molecule has 3 nitrogen and oxygen atoms in total. The second-order valence-electron chi connectivity index (χ2n) is 5.85. The number of ketones is 1. The number of carbonyl (C=O) groups excluding carboxylic acids is 2. The van der Waals surface area contributed by atoms with E-state index >= 15 is 0 Å². The lowest BCUT2D eigenvalue weighted by atomic mass is 9.98. The van der Waals surface area contributed by atoms with Gasteiger partial charge in [0.15, 0.2) is 5.78 Å². The van der Waals surface area contributed by atoms with Crippen LogP contribution in [0.15, 0.2) is 72.8 Å². The van der Waals surface area contributed by atoms with E-state index in [-0.39, 0.29) is 30.6 Å². The number of carbonyl (C=O) groups is 2. The SMILES string of the molecule is O=C(CCC(=O)c1ccc(Cl)s1)NC(c1ccccc1)c1ccccc1. The highest BCUT2D eigenvalue weighted by molar-refractivity contribution is 7.18. The van der Waals surface area contributed by atoms with Crippen LogP contribution >= 0.6 is 22.9 Å². The van der Waals surface area contributed by atoms with Gasteiger partial charge in [-0.15, -0.1) is 11.3 Å². The average molecular weight is 384 g/mol. The molecule has 0 aliphatic rings. The Morgan fingerprint density at radius 1 is 0.846 bits per heavy atom. The van der Waals surface area contributed by atoms with E-state index in [0.717, 1.165) is 11.1 Å². The minimum atomic E-state index is -0.240. The summed E-state index contributed by atoms with van der Waals surface area (Å²) in [7, 11) is 0. The van der Waals surface area contributed by atoms with Gasteiger partial charge in [0.05, 0.1) is 15.3 Å². The fourth-order valence-electron chi connectivity index (χ4n) is 2.70. The largest absolute Gasteiger partial charge is 0.345 e. The molecule has 26 heavy (non-hydrogen) atoms. The minimum Gasteiger partial charge on any atom is -0.345 e. The summed E-state index contributed by atoms with van der Waals surface area (Å²) in [5.74, 6) is -0.216. The van der Waals surface area contributed by atoms with Crippen LogP contribution in [0.3, 0.4) is 0 Å². The molecule has 0 bridgehead atoms. The molecule has 1 aromatic heterocycles. The van der Waals surface area contributed by atoms with Crippen molar-refractivity contribution in [3.05, 3.63) is 93.1 Å². The number of hydrogen-bond donors (Lipinski definition) is 1. The normalized spacial score (nSPS) is 10.7. The molecule has 3 aromatic rings. The minimum absolute atomic E-state index is 0.0620. The molecule has 0 fully saturated rings. The zero-order valence-electron chi connectivity index (χ0n) is 14.0. The van der Waals surface area contributed by atoms with Gasteiger partial charge in [-0.25, -0.2) is 0 Å². The van der Waals surface area contributed by atoms with Crippen molar-refractivity contribution in [3.8, 4) is 0 Å². The number of rotatable bonds is 7. The molecule has 1 heterocycles. The first-order chi connectivity index (χ1) is 12.6. The van der Waals surface area contributed by atoms with Crippen LogP contribution in [0.1, 0.15) is 39.7 Å². The lowest BCUT2D eigenvalue weighted by Crippen LogP contribution is -2.29. The van der Waals surface area contributed by atoms with Crippen LogP contribution in [0.5, 0.6) is 0 Å². The molecule has 0 aliphatic heterocycles. The third kappa shape index (κ3) is 4.81. The molecule has 0 atom stereocenters. The van der Waals surface area contributed by atoms with Crippen molar-refractivity contribution in [2.45, 2.75) is 18.9 Å². The molecule has 0 unspecified atom stereocenters. The van der Waals surface area contributed by atoms with Crippen LogP contribution in [0.25, 0.3) is 0 Å². The highest BCUT2D eigenvalue weighted by Crippen LogP contribution is 2.24. The summed E-state index contributed by atoms with van der Waals surface area (Å²) in [5.41, 5.74) is 2.01. The zero-order chi connectivity index (χ0) is 18.4. The molecule has 0 saturated carbocycles. The standard InChI is InChI=1S/C21H18ClNO2S/c22-19-13-12-18(26-19)17(24)11-14-20(25)23-21(15-7-3-1-4-8-15)16-9-5-2-6-10-16/h1-10,12-13,21H,11,14H2,(H,23,25). The van der Waals surface area contributed by atoms with Gasteiger partial charge >= 0.3 is 0 Å². The molecule has 1 N–H and O–H groups in total. The van der Waals surface area contributed by atoms with Gasteiger partial charge < -0.3 is 5.32 Å². The molecule has 5 heteroatoms. The Balaban J connectivity index is 1.67. The maximum Gasteiger partial charge on any atom is 0.221 e. The molecule has 0 spiro atoms. The van der Waals surface area contributed by atoms with Gasteiger partial charge in [-0.3, -0.25) is 9.59 Å². The molecule has 3 rings (SSSR count). The van der Waals surface area contributed by atoms with Crippen LogP contribution in [0, 0.1) is 0 Å². The first-order valence-corrected chi connectivity index (χ1v) is 9.51. The van der Waals surface area contributed by atoms with Crippen molar-refractivity contribution >= 4 is 34.6 Å². The summed E-state index contributed by atoms with van der Waals surface area (Å²) < 4.78 is 0.575. The van der Waals surface area contributed by atoms with E-state index in [2.05, 4.69) is 5.32 Å². The smallest absolute Gasteiger partial charge is 0.221 e. The summed E-state index contributed by atoms with van der Waals surface area (Å²) in [4.78, 5) is 25.2. The second-order valence-corrected chi connectivity index (χ2v) is 7.56. The Bertz CT molecular complexity index is 838. The molecule has 0 aliphatic carbocycles. The van der Waals surface area contributed by atoms with E-state index in [1.807, 2.05) is 60.7 Å². The first-order valence-electron chi connectivity index (χ1n) is 8.31. The van der Waals surface area contributed by atoms with Crippen molar-refractivity contribution < 1.29 is 9.59 Å². The average Bonchev–Trinajstić information content (AvgIpc) is 3.12. The van der Waals surface area contributed by atoms with E-state index < -0.39 is 0 Å². The van der Waals surface area contributed by atoms with E-state index in [1.54, 1.807) is 12.1 Å².